The molecule has 174 valence electrons. The van der Waals surface area contributed by atoms with Gasteiger partial charge in [-0.15, -0.1) is 0 Å². The Labute approximate surface area is 192 Å². The number of amides is 1. The fourth-order valence-electron chi connectivity index (χ4n) is 4.11. The van der Waals surface area contributed by atoms with Crippen molar-refractivity contribution in [3.63, 3.8) is 0 Å². The quantitative estimate of drug-likeness (QED) is 0.605. The van der Waals surface area contributed by atoms with E-state index in [1.165, 1.54) is 4.31 Å². The van der Waals surface area contributed by atoms with Gasteiger partial charge in [0.1, 0.15) is 5.75 Å². The molecule has 1 fully saturated rings. The van der Waals surface area contributed by atoms with Crippen molar-refractivity contribution in [3.8, 4) is 5.75 Å². The van der Waals surface area contributed by atoms with E-state index in [-0.39, 0.29) is 22.8 Å². The first kappa shape index (κ1) is 24.3. The zero-order valence-electron chi connectivity index (χ0n) is 19.2. The second-order valence-electron chi connectivity index (χ2n) is 8.68. The standard InChI is InChI=1S/C25H34N2O4S/c1-4-31-22-10-12-23(13-11-22)32(29,30)27-16-14-21(15-17-27)25(28)26-24(18-19(2)3)20-8-6-5-7-9-20/h5-13,19,21,24H,4,14-18H2,1-3H3,(H,26,28). The fraction of sp³-hybridized carbons (Fsp3) is 0.480. The van der Waals surface area contributed by atoms with E-state index in [0.717, 1.165) is 12.0 Å². The van der Waals surface area contributed by atoms with Gasteiger partial charge in [-0.1, -0.05) is 44.2 Å². The van der Waals surface area contributed by atoms with E-state index in [1.54, 1.807) is 24.3 Å². The molecule has 0 radical (unpaired) electrons. The van der Waals surface area contributed by atoms with E-state index >= 15 is 0 Å². The smallest absolute Gasteiger partial charge is 0.243 e. The van der Waals surface area contributed by atoms with Gasteiger partial charge in [0, 0.05) is 19.0 Å². The highest BCUT2D eigenvalue weighted by Crippen LogP contribution is 2.27. The summed E-state index contributed by atoms with van der Waals surface area (Å²) in [6.45, 7) is 7.39. The fourth-order valence-corrected chi connectivity index (χ4v) is 5.58. The first-order valence-electron chi connectivity index (χ1n) is 11.4. The van der Waals surface area contributed by atoms with Crippen LogP contribution in [0.25, 0.3) is 0 Å². The Bertz CT molecular complexity index is 967. The number of hydrogen-bond donors (Lipinski definition) is 1. The predicted octanol–water partition coefficient (Wildman–Crippen LogP) is 4.39. The van der Waals surface area contributed by atoms with E-state index in [4.69, 9.17) is 4.74 Å². The van der Waals surface area contributed by atoms with Crippen molar-refractivity contribution < 1.29 is 17.9 Å². The van der Waals surface area contributed by atoms with Gasteiger partial charge in [0.15, 0.2) is 0 Å². The van der Waals surface area contributed by atoms with Gasteiger partial charge in [0.2, 0.25) is 15.9 Å². The monoisotopic (exact) mass is 458 g/mol. The van der Waals surface area contributed by atoms with Crippen LogP contribution in [0.3, 0.4) is 0 Å². The van der Waals surface area contributed by atoms with Crippen molar-refractivity contribution in [3.05, 3.63) is 60.2 Å². The molecule has 3 rings (SSSR count). The lowest BCUT2D eigenvalue weighted by Gasteiger charge is -2.32. The third-order valence-corrected chi connectivity index (χ3v) is 7.74. The molecule has 1 aliphatic rings. The molecular formula is C25H34N2O4S. The summed E-state index contributed by atoms with van der Waals surface area (Å²) < 4.78 is 32.9. The summed E-state index contributed by atoms with van der Waals surface area (Å²) in [7, 11) is -3.58. The number of rotatable bonds is 9. The Morgan fingerprint density at radius 1 is 1.06 bits per heavy atom. The number of carbonyl (C=O) groups is 1. The Kier molecular flexibility index (Phi) is 8.32. The highest BCUT2D eigenvalue weighted by molar-refractivity contribution is 7.89. The first-order valence-corrected chi connectivity index (χ1v) is 12.8. The van der Waals surface area contributed by atoms with Crippen LogP contribution in [0, 0.1) is 11.8 Å². The van der Waals surface area contributed by atoms with Crippen molar-refractivity contribution >= 4 is 15.9 Å². The maximum absolute atomic E-state index is 13.0. The van der Waals surface area contributed by atoms with Crippen LogP contribution in [0.1, 0.15) is 51.6 Å². The summed E-state index contributed by atoms with van der Waals surface area (Å²) in [5, 5.41) is 3.22. The molecule has 6 nitrogen and oxygen atoms in total. The second kappa shape index (κ2) is 11.0. The van der Waals surface area contributed by atoms with E-state index in [1.807, 2.05) is 37.3 Å². The van der Waals surface area contributed by atoms with Crippen molar-refractivity contribution in [2.24, 2.45) is 11.8 Å². The van der Waals surface area contributed by atoms with Gasteiger partial charge >= 0.3 is 0 Å². The minimum atomic E-state index is -3.58. The number of carbonyl (C=O) groups excluding carboxylic acids is 1. The average molecular weight is 459 g/mol. The van der Waals surface area contributed by atoms with Gasteiger partial charge in [0.05, 0.1) is 17.5 Å². The molecule has 0 aromatic heterocycles. The zero-order valence-corrected chi connectivity index (χ0v) is 20.0. The highest BCUT2D eigenvalue weighted by Gasteiger charge is 2.33. The molecule has 1 aliphatic heterocycles. The van der Waals surface area contributed by atoms with Crippen molar-refractivity contribution in [1.82, 2.24) is 9.62 Å². The average Bonchev–Trinajstić information content (AvgIpc) is 2.79. The SMILES string of the molecule is CCOc1ccc(S(=O)(=O)N2CCC(C(=O)NC(CC(C)C)c3ccccc3)CC2)cc1. The normalized spacial score (nSPS) is 16.6. The molecule has 1 atom stereocenters. The van der Waals surface area contributed by atoms with Crippen LogP contribution in [0.15, 0.2) is 59.5 Å². The minimum Gasteiger partial charge on any atom is -0.494 e. The number of nitrogens with zero attached hydrogens (tertiary/aromatic N) is 1. The van der Waals surface area contributed by atoms with E-state index in [9.17, 15) is 13.2 Å². The molecule has 1 saturated heterocycles. The first-order chi connectivity index (χ1) is 15.3. The third kappa shape index (κ3) is 6.11. The molecule has 0 aliphatic carbocycles. The number of hydrogen-bond acceptors (Lipinski definition) is 4. The number of benzene rings is 2. The maximum Gasteiger partial charge on any atom is 0.243 e. The molecule has 1 heterocycles. The minimum absolute atomic E-state index is 0.0117. The van der Waals surface area contributed by atoms with E-state index in [0.29, 0.717) is 44.2 Å². The van der Waals surface area contributed by atoms with Crippen LogP contribution in [0.5, 0.6) is 5.75 Å². The lowest BCUT2D eigenvalue weighted by molar-refractivity contribution is -0.127. The molecule has 1 unspecified atom stereocenters. The molecular weight excluding hydrogens is 424 g/mol. The summed E-state index contributed by atoms with van der Waals surface area (Å²) in [5.41, 5.74) is 1.10. The largest absolute Gasteiger partial charge is 0.494 e. The van der Waals surface area contributed by atoms with Crippen molar-refractivity contribution in [1.29, 1.82) is 0 Å². The number of ether oxygens (including phenoxy) is 1. The number of nitrogens with one attached hydrogen (secondary N) is 1. The molecule has 2 aromatic carbocycles. The van der Waals surface area contributed by atoms with Crippen molar-refractivity contribution in [2.75, 3.05) is 19.7 Å². The zero-order chi connectivity index (χ0) is 23.1. The summed E-state index contributed by atoms with van der Waals surface area (Å²) >= 11 is 0. The Balaban J connectivity index is 1.61. The summed E-state index contributed by atoms with van der Waals surface area (Å²) in [6, 6.07) is 16.5. The molecule has 32 heavy (non-hydrogen) atoms. The Morgan fingerprint density at radius 2 is 1.69 bits per heavy atom. The summed E-state index contributed by atoms with van der Waals surface area (Å²) in [4.78, 5) is 13.3. The van der Waals surface area contributed by atoms with Crippen LogP contribution in [0.4, 0.5) is 0 Å². The Hall–Kier alpha value is -2.38. The topological polar surface area (TPSA) is 75.7 Å². The van der Waals surface area contributed by atoms with Gasteiger partial charge in [0.25, 0.3) is 0 Å². The third-order valence-electron chi connectivity index (χ3n) is 5.82. The van der Waals surface area contributed by atoms with Crippen LogP contribution < -0.4 is 10.1 Å². The predicted molar refractivity (Wildman–Crippen MR) is 126 cm³/mol. The van der Waals surface area contributed by atoms with Crippen LogP contribution in [-0.4, -0.2) is 38.3 Å². The molecule has 0 spiro atoms. The van der Waals surface area contributed by atoms with Gasteiger partial charge in [-0.25, -0.2) is 8.42 Å². The van der Waals surface area contributed by atoms with Crippen molar-refractivity contribution in [2.45, 2.75) is 51.0 Å². The molecule has 2 aromatic rings. The van der Waals surface area contributed by atoms with Gasteiger partial charge < -0.3 is 10.1 Å². The van der Waals surface area contributed by atoms with E-state index < -0.39 is 10.0 Å². The highest BCUT2D eigenvalue weighted by atomic mass is 32.2. The Morgan fingerprint density at radius 3 is 2.25 bits per heavy atom. The summed E-state index contributed by atoms with van der Waals surface area (Å²) in [5.74, 6) is 0.926. The van der Waals surface area contributed by atoms with Crippen LogP contribution in [-0.2, 0) is 14.8 Å². The van der Waals surface area contributed by atoms with Gasteiger partial charge in [-0.3, -0.25) is 4.79 Å². The summed E-state index contributed by atoms with van der Waals surface area (Å²) in [6.07, 6.45) is 1.90. The molecule has 0 saturated carbocycles. The maximum atomic E-state index is 13.0. The molecule has 1 amide bonds. The lowest BCUT2D eigenvalue weighted by Crippen LogP contribution is -2.43. The molecule has 1 N–H and O–H groups in total. The lowest BCUT2D eigenvalue weighted by atomic mass is 9.93. The van der Waals surface area contributed by atoms with Gasteiger partial charge in [-0.2, -0.15) is 4.31 Å². The molecule has 0 bridgehead atoms. The second-order valence-corrected chi connectivity index (χ2v) is 10.6. The number of sulfonamides is 1. The number of piperidine rings is 1. The van der Waals surface area contributed by atoms with Gasteiger partial charge in [-0.05, 0) is 61.9 Å². The van der Waals surface area contributed by atoms with Crippen LogP contribution >= 0.6 is 0 Å². The van der Waals surface area contributed by atoms with E-state index in [2.05, 4.69) is 19.2 Å². The molecule has 7 heteroatoms. The van der Waals surface area contributed by atoms with Crippen LogP contribution in [0.2, 0.25) is 0 Å².